The van der Waals surface area contributed by atoms with E-state index in [4.69, 9.17) is 9.78 Å². The third kappa shape index (κ3) is 3.09. The van der Waals surface area contributed by atoms with Crippen LogP contribution in [0.3, 0.4) is 0 Å². The first-order valence-corrected chi connectivity index (χ1v) is 5.14. The Balaban J connectivity index is 2.50. The van der Waals surface area contributed by atoms with Gasteiger partial charge in [-0.25, -0.2) is 0 Å². The van der Waals surface area contributed by atoms with Crippen LogP contribution < -0.4 is 5.32 Å². The van der Waals surface area contributed by atoms with Crippen molar-refractivity contribution in [2.75, 3.05) is 0 Å². The summed E-state index contributed by atoms with van der Waals surface area (Å²) >= 11 is 0. The van der Waals surface area contributed by atoms with E-state index in [-0.39, 0.29) is 11.8 Å². The zero-order valence-corrected chi connectivity index (χ0v) is 9.65. The summed E-state index contributed by atoms with van der Waals surface area (Å²) in [5, 5.41) is 15.2. The minimum absolute atomic E-state index is 0.00375. The van der Waals surface area contributed by atoms with Gasteiger partial charge in [0.2, 0.25) is 5.91 Å². The number of carbonyl (C=O) groups excluding carboxylic acids is 1. The minimum atomic E-state index is -0.618. The normalized spacial score (nSPS) is 12.2. The Morgan fingerprint density at radius 1 is 1.69 bits per heavy atom. The summed E-state index contributed by atoms with van der Waals surface area (Å²) in [4.78, 5) is 11.6. The van der Waals surface area contributed by atoms with Gasteiger partial charge in [0.05, 0.1) is 12.6 Å². The average Bonchev–Trinajstić information content (AvgIpc) is 2.62. The lowest BCUT2D eigenvalue weighted by atomic mass is 9.97. The van der Waals surface area contributed by atoms with Gasteiger partial charge < -0.3 is 9.84 Å². The first kappa shape index (κ1) is 12.2. The molecule has 86 valence electrons. The molecule has 0 spiro atoms. The van der Waals surface area contributed by atoms with Crippen LogP contribution in [0.25, 0.3) is 0 Å². The van der Waals surface area contributed by atoms with Gasteiger partial charge >= 0.3 is 0 Å². The number of hydrogen-bond donors (Lipinski definition) is 1. The predicted octanol–water partition coefficient (Wildman–Crippen LogP) is 1.39. The summed E-state index contributed by atoms with van der Waals surface area (Å²) in [5.41, 5.74) is 0.659. The van der Waals surface area contributed by atoms with Crippen molar-refractivity contribution in [2.45, 2.75) is 27.3 Å². The second-order valence-corrected chi connectivity index (χ2v) is 4.00. The molecule has 1 N–H and O–H groups in total. The summed E-state index contributed by atoms with van der Waals surface area (Å²) in [6, 6.07) is 3.73. The van der Waals surface area contributed by atoms with Crippen LogP contribution in [0.2, 0.25) is 0 Å². The number of aryl methyl sites for hydroxylation is 1. The fraction of sp³-hybridized carbons (Fsp3) is 0.545. The minimum Gasteiger partial charge on any atom is -0.361 e. The van der Waals surface area contributed by atoms with Gasteiger partial charge in [-0.2, -0.15) is 5.26 Å². The van der Waals surface area contributed by atoms with Gasteiger partial charge in [-0.05, 0) is 12.8 Å². The van der Waals surface area contributed by atoms with E-state index in [1.165, 1.54) is 0 Å². The highest BCUT2D eigenvalue weighted by atomic mass is 16.5. The Labute approximate surface area is 94.4 Å². The van der Waals surface area contributed by atoms with Crippen molar-refractivity contribution in [1.29, 1.82) is 5.26 Å². The maximum Gasteiger partial charge on any atom is 0.237 e. The quantitative estimate of drug-likeness (QED) is 0.833. The van der Waals surface area contributed by atoms with E-state index in [1.807, 2.05) is 19.9 Å². The molecule has 0 fully saturated rings. The maximum absolute atomic E-state index is 11.6. The van der Waals surface area contributed by atoms with Crippen LogP contribution in [-0.4, -0.2) is 11.1 Å². The summed E-state index contributed by atoms with van der Waals surface area (Å²) in [6.45, 7) is 5.76. The van der Waals surface area contributed by atoms with Crippen molar-refractivity contribution in [2.24, 2.45) is 11.8 Å². The van der Waals surface area contributed by atoms with E-state index in [0.29, 0.717) is 18.0 Å². The SMILES string of the molecule is Cc1cc(CNC(=O)C(C#N)C(C)C)no1. The molecule has 0 aliphatic carbocycles. The molecule has 0 radical (unpaired) electrons. The number of nitriles is 1. The molecule has 1 aromatic heterocycles. The van der Waals surface area contributed by atoms with E-state index in [2.05, 4.69) is 10.5 Å². The molecule has 1 atom stereocenters. The van der Waals surface area contributed by atoms with Gasteiger partial charge in [0.15, 0.2) is 0 Å². The smallest absolute Gasteiger partial charge is 0.237 e. The fourth-order valence-electron chi connectivity index (χ4n) is 1.30. The van der Waals surface area contributed by atoms with Gasteiger partial charge in [0.1, 0.15) is 17.4 Å². The van der Waals surface area contributed by atoms with Gasteiger partial charge in [0, 0.05) is 6.07 Å². The molecule has 5 nitrogen and oxygen atoms in total. The molecule has 0 aliphatic rings. The number of amides is 1. The largest absolute Gasteiger partial charge is 0.361 e. The molecular formula is C11H15N3O2. The number of aromatic nitrogens is 1. The Morgan fingerprint density at radius 3 is 2.81 bits per heavy atom. The highest BCUT2D eigenvalue weighted by Crippen LogP contribution is 2.09. The summed E-state index contributed by atoms with van der Waals surface area (Å²) in [7, 11) is 0. The van der Waals surface area contributed by atoms with Crippen LogP contribution in [0.1, 0.15) is 25.3 Å². The molecule has 5 heteroatoms. The Bertz CT molecular complexity index is 404. The Morgan fingerprint density at radius 2 is 2.38 bits per heavy atom. The monoisotopic (exact) mass is 221 g/mol. The molecule has 1 rings (SSSR count). The van der Waals surface area contributed by atoms with Crippen LogP contribution in [0, 0.1) is 30.1 Å². The highest BCUT2D eigenvalue weighted by molar-refractivity contribution is 5.81. The number of rotatable bonds is 4. The lowest BCUT2D eigenvalue weighted by Gasteiger charge is -2.11. The lowest BCUT2D eigenvalue weighted by molar-refractivity contribution is -0.124. The summed E-state index contributed by atoms with van der Waals surface area (Å²) in [6.07, 6.45) is 0. The fourth-order valence-corrected chi connectivity index (χ4v) is 1.30. The van der Waals surface area contributed by atoms with Crippen LogP contribution in [0.15, 0.2) is 10.6 Å². The van der Waals surface area contributed by atoms with Crippen molar-refractivity contribution in [3.8, 4) is 6.07 Å². The number of hydrogen-bond acceptors (Lipinski definition) is 4. The molecule has 1 aromatic rings. The Hall–Kier alpha value is -1.83. The van der Waals surface area contributed by atoms with Crippen molar-refractivity contribution in [3.63, 3.8) is 0 Å². The number of nitrogens with one attached hydrogen (secondary N) is 1. The number of nitrogens with zero attached hydrogens (tertiary/aromatic N) is 2. The zero-order valence-electron chi connectivity index (χ0n) is 9.65. The van der Waals surface area contributed by atoms with Crippen molar-refractivity contribution in [1.82, 2.24) is 10.5 Å². The Kier molecular flexibility index (Phi) is 4.06. The summed E-state index contributed by atoms with van der Waals surface area (Å²) < 4.78 is 4.86. The average molecular weight is 221 g/mol. The van der Waals surface area contributed by atoms with Gasteiger partial charge in [0.25, 0.3) is 0 Å². The van der Waals surface area contributed by atoms with E-state index in [0.717, 1.165) is 0 Å². The number of carbonyl (C=O) groups is 1. The van der Waals surface area contributed by atoms with E-state index in [1.54, 1.807) is 13.0 Å². The molecule has 16 heavy (non-hydrogen) atoms. The lowest BCUT2D eigenvalue weighted by Crippen LogP contribution is -2.32. The molecule has 1 unspecified atom stereocenters. The first-order chi connectivity index (χ1) is 7.54. The van der Waals surface area contributed by atoms with Crippen LogP contribution in [0.5, 0.6) is 0 Å². The van der Waals surface area contributed by atoms with Crippen molar-refractivity contribution >= 4 is 5.91 Å². The van der Waals surface area contributed by atoms with Crippen LogP contribution in [0.4, 0.5) is 0 Å². The van der Waals surface area contributed by atoms with Crippen LogP contribution >= 0.6 is 0 Å². The molecule has 1 amide bonds. The molecule has 0 bridgehead atoms. The molecule has 0 saturated carbocycles. The van der Waals surface area contributed by atoms with Crippen LogP contribution in [-0.2, 0) is 11.3 Å². The maximum atomic E-state index is 11.6. The predicted molar refractivity (Wildman–Crippen MR) is 57.0 cm³/mol. The van der Waals surface area contributed by atoms with Gasteiger partial charge in [-0.1, -0.05) is 19.0 Å². The molecule has 0 aromatic carbocycles. The third-order valence-electron chi connectivity index (χ3n) is 2.21. The summed E-state index contributed by atoms with van der Waals surface area (Å²) in [5.74, 6) is -0.180. The van der Waals surface area contributed by atoms with E-state index in [9.17, 15) is 4.79 Å². The topological polar surface area (TPSA) is 78.9 Å². The molecule has 0 aliphatic heterocycles. The highest BCUT2D eigenvalue weighted by Gasteiger charge is 2.21. The first-order valence-electron chi connectivity index (χ1n) is 5.14. The van der Waals surface area contributed by atoms with Crippen molar-refractivity contribution in [3.05, 3.63) is 17.5 Å². The second kappa shape index (κ2) is 5.31. The van der Waals surface area contributed by atoms with E-state index >= 15 is 0 Å². The standard InChI is InChI=1S/C11H15N3O2/c1-7(2)10(5-12)11(15)13-6-9-4-8(3)16-14-9/h4,7,10H,6H2,1-3H3,(H,13,15). The zero-order chi connectivity index (χ0) is 12.1. The molecular weight excluding hydrogens is 206 g/mol. The van der Waals surface area contributed by atoms with Crippen molar-refractivity contribution < 1.29 is 9.32 Å². The third-order valence-corrected chi connectivity index (χ3v) is 2.21. The molecule has 0 saturated heterocycles. The van der Waals surface area contributed by atoms with Gasteiger partial charge in [-0.3, -0.25) is 4.79 Å². The second-order valence-electron chi connectivity index (χ2n) is 4.00. The molecule has 1 heterocycles. The van der Waals surface area contributed by atoms with Gasteiger partial charge in [-0.15, -0.1) is 0 Å². The van der Waals surface area contributed by atoms with E-state index < -0.39 is 5.92 Å².